The molecule has 0 aromatic carbocycles. The molecule has 0 aromatic heterocycles. The maximum absolute atomic E-state index is 12.9. The van der Waals surface area contributed by atoms with Crippen molar-refractivity contribution in [2.45, 2.75) is 309 Å². The molecule has 430 valence electrons. The average Bonchev–Trinajstić information content (AvgIpc) is 3.41. The molecule has 0 saturated heterocycles. The van der Waals surface area contributed by atoms with Gasteiger partial charge in [0.2, 0.25) is 0 Å². The summed E-state index contributed by atoms with van der Waals surface area (Å²) in [6, 6.07) is 0. The molecule has 1 atom stereocenters. The second-order valence-corrected chi connectivity index (χ2v) is 20.9. The van der Waals surface area contributed by atoms with E-state index in [9.17, 15) is 14.4 Å². The van der Waals surface area contributed by atoms with Crippen molar-refractivity contribution in [1.29, 1.82) is 0 Å². The molecule has 0 N–H and O–H groups in total. The van der Waals surface area contributed by atoms with Crippen LogP contribution in [0.1, 0.15) is 303 Å². The lowest BCUT2D eigenvalue weighted by molar-refractivity contribution is -0.167. The minimum atomic E-state index is -0.782. The van der Waals surface area contributed by atoms with E-state index in [4.69, 9.17) is 14.2 Å². The van der Waals surface area contributed by atoms with E-state index >= 15 is 0 Å². The summed E-state index contributed by atoms with van der Waals surface area (Å²) < 4.78 is 16.9. The van der Waals surface area contributed by atoms with Crippen LogP contribution in [-0.2, 0) is 28.6 Å². The Morgan fingerprint density at radius 3 is 0.827 bits per heavy atom. The number of carbonyl (C=O) groups excluding carboxylic acids is 3. The Labute approximate surface area is 464 Å². The summed E-state index contributed by atoms with van der Waals surface area (Å²) in [6.45, 7) is 6.52. The predicted molar refractivity (Wildman–Crippen MR) is 325 cm³/mol. The van der Waals surface area contributed by atoms with Gasteiger partial charge in [0.25, 0.3) is 0 Å². The fourth-order valence-electron chi connectivity index (χ4n) is 8.83. The molecular weight excluding hydrogens is 925 g/mol. The van der Waals surface area contributed by atoms with Crippen molar-refractivity contribution in [3.63, 3.8) is 0 Å². The molecular formula is C69H118O6. The summed E-state index contributed by atoms with van der Waals surface area (Å²) >= 11 is 0. The minimum absolute atomic E-state index is 0.0792. The van der Waals surface area contributed by atoms with Crippen molar-refractivity contribution >= 4 is 17.9 Å². The first-order valence-electron chi connectivity index (χ1n) is 31.7. The van der Waals surface area contributed by atoms with E-state index in [1.807, 2.05) is 0 Å². The standard InChI is InChI=1S/C69H118O6/c1-4-7-10-13-16-19-22-25-27-28-29-30-31-32-33-34-35-36-37-38-39-40-41-42-43-45-47-50-53-56-59-62-68(71)74-65-66(64-73-67(70)61-58-55-52-49-46-24-21-18-15-12-9-6-3)75-69(72)63-60-57-54-51-48-44-26-23-20-17-14-11-8-5-2/h7,10,16,19,23,25-27,29-30,32-33,35-36,38-39,66H,4-6,8-9,11-15,17-18,20-22,24,28,31,34,37,40-65H2,1-3H3/b10-7-,19-16-,26-23-,27-25-,30-29-,33-32-,36-35-,39-38-. The van der Waals surface area contributed by atoms with Crippen LogP contribution in [0.2, 0.25) is 0 Å². The van der Waals surface area contributed by atoms with Crippen LogP contribution < -0.4 is 0 Å². The van der Waals surface area contributed by atoms with Gasteiger partial charge in [-0.2, -0.15) is 0 Å². The number of hydrogen-bond acceptors (Lipinski definition) is 6. The van der Waals surface area contributed by atoms with Gasteiger partial charge in [0, 0.05) is 19.3 Å². The molecule has 0 aliphatic rings. The van der Waals surface area contributed by atoms with E-state index < -0.39 is 6.10 Å². The molecule has 0 aliphatic carbocycles. The van der Waals surface area contributed by atoms with Gasteiger partial charge in [0.05, 0.1) is 0 Å². The van der Waals surface area contributed by atoms with Crippen molar-refractivity contribution in [1.82, 2.24) is 0 Å². The molecule has 75 heavy (non-hydrogen) atoms. The summed E-state index contributed by atoms with van der Waals surface area (Å²) in [5.74, 6) is -0.886. The summed E-state index contributed by atoms with van der Waals surface area (Å²) in [6.07, 6.45) is 84.1. The topological polar surface area (TPSA) is 78.9 Å². The van der Waals surface area contributed by atoms with Gasteiger partial charge in [-0.15, -0.1) is 0 Å². The molecule has 0 aliphatic heterocycles. The second-order valence-electron chi connectivity index (χ2n) is 20.9. The highest BCUT2D eigenvalue weighted by atomic mass is 16.6. The highest BCUT2D eigenvalue weighted by Crippen LogP contribution is 2.16. The lowest BCUT2D eigenvalue weighted by Gasteiger charge is -2.18. The van der Waals surface area contributed by atoms with Crippen molar-refractivity contribution in [2.24, 2.45) is 0 Å². The molecule has 0 fully saturated rings. The fraction of sp³-hybridized carbons (Fsp3) is 0.725. The SMILES string of the molecule is CC/C=C\C/C=C\C/C=C\C/C=C\C/C=C\C/C=C\C/C=C\CCCCCCCCCCCC(=O)OCC(COC(=O)CCCCCCCCCCCCCC)OC(=O)CCCCCCC/C=C\CCCCCCC. The third kappa shape index (κ3) is 61.1. The smallest absolute Gasteiger partial charge is 0.306 e. The Kier molecular flexibility index (Phi) is 59.8. The van der Waals surface area contributed by atoms with Crippen molar-refractivity contribution < 1.29 is 28.6 Å². The van der Waals surface area contributed by atoms with Gasteiger partial charge in [0.15, 0.2) is 6.10 Å². The predicted octanol–water partition coefficient (Wildman–Crippen LogP) is 21.7. The summed E-state index contributed by atoms with van der Waals surface area (Å²) in [5, 5.41) is 0. The van der Waals surface area contributed by atoms with Crippen LogP contribution in [0.3, 0.4) is 0 Å². The van der Waals surface area contributed by atoms with E-state index in [0.29, 0.717) is 19.3 Å². The lowest BCUT2D eigenvalue weighted by atomic mass is 10.0. The van der Waals surface area contributed by atoms with E-state index in [1.54, 1.807) is 0 Å². The molecule has 0 saturated carbocycles. The number of carbonyl (C=O) groups is 3. The van der Waals surface area contributed by atoms with Crippen LogP contribution in [0.15, 0.2) is 97.2 Å². The molecule has 0 heterocycles. The molecule has 0 bridgehead atoms. The normalized spacial score (nSPS) is 12.7. The van der Waals surface area contributed by atoms with Gasteiger partial charge >= 0.3 is 17.9 Å². The summed E-state index contributed by atoms with van der Waals surface area (Å²) in [7, 11) is 0. The number of rotatable bonds is 57. The number of unbranched alkanes of at least 4 members (excludes halogenated alkanes) is 30. The average molecular weight is 1040 g/mol. The molecule has 0 aromatic rings. The summed E-state index contributed by atoms with van der Waals surface area (Å²) in [5.41, 5.74) is 0. The van der Waals surface area contributed by atoms with Crippen molar-refractivity contribution in [3.8, 4) is 0 Å². The first-order chi connectivity index (χ1) is 37.0. The minimum Gasteiger partial charge on any atom is -0.462 e. The first-order valence-corrected chi connectivity index (χ1v) is 31.7. The lowest BCUT2D eigenvalue weighted by Crippen LogP contribution is -2.30. The van der Waals surface area contributed by atoms with E-state index in [-0.39, 0.29) is 31.1 Å². The van der Waals surface area contributed by atoms with Crippen LogP contribution in [-0.4, -0.2) is 37.2 Å². The summed E-state index contributed by atoms with van der Waals surface area (Å²) in [4.78, 5) is 38.2. The number of esters is 3. The van der Waals surface area contributed by atoms with Crippen LogP contribution in [0.25, 0.3) is 0 Å². The van der Waals surface area contributed by atoms with Crippen LogP contribution >= 0.6 is 0 Å². The third-order valence-electron chi connectivity index (χ3n) is 13.6. The number of allylic oxidation sites excluding steroid dienone is 16. The molecule has 0 spiro atoms. The first kappa shape index (κ1) is 71.3. The van der Waals surface area contributed by atoms with Gasteiger partial charge in [-0.25, -0.2) is 0 Å². The maximum atomic E-state index is 12.9. The number of ether oxygens (including phenoxy) is 3. The third-order valence-corrected chi connectivity index (χ3v) is 13.6. The fourth-order valence-corrected chi connectivity index (χ4v) is 8.83. The Morgan fingerprint density at radius 2 is 0.520 bits per heavy atom. The van der Waals surface area contributed by atoms with Crippen LogP contribution in [0, 0.1) is 0 Å². The van der Waals surface area contributed by atoms with E-state index in [2.05, 4.69) is 118 Å². The Bertz CT molecular complexity index is 1480. The molecule has 1 unspecified atom stereocenters. The van der Waals surface area contributed by atoms with Gasteiger partial charge < -0.3 is 14.2 Å². The zero-order chi connectivity index (χ0) is 54.3. The molecule has 0 amide bonds. The van der Waals surface area contributed by atoms with Crippen molar-refractivity contribution in [2.75, 3.05) is 13.2 Å². The zero-order valence-electron chi connectivity index (χ0n) is 49.3. The quantitative estimate of drug-likeness (QED) is 0.0261. The van der Waals surface area contributed by atoms with Gasteiger partial charge in [0.1, 0.15) is 13.2 Å². The van der Waals surface area contributed by atoms with Gasteiger partial charge in [-0.05, 0) is 103 Å². The Hall–Kier alpha value is -3.67. The zero-order valence-corrected chi connectivity index (χ0v) is 49.3. The molecule has 6 nitrogen and oxygen atoms in total. The second kappa shape index (κ2) is 62.9. The maximum Gasteiger partial charge on any atom is 0.306 e. The molecule has 6 heteroatoms. The van der Waals surface area contributed by atoms with Crippen LogP contribution in [0.4, 0.5) is 0 Å². The van der Waals surface area contributed by atoms with E-state index in [1.165, 1.54) is 141 Å². The Balaban J connectivity index is 4.23. The van der Waals surface area contributed by atoms with Crippen molar-refractivity contribution in [3.05, 3.63) is 97.2 Å². The highest BCUT2D eigenvalue weighted by Gasteiger charge is 2.19. The van der Waals surface area contributed by atoms with E-state index in [0.717, 1.165) is 122 Å². The monoisotopic (exact) mass is 1040 g/mol. The van der Waals surface area contributed by atoms with Crippen LogP contribution in [0.5, 0.6) is 0 Å². The number of hydrogen-bond donors (Lipinski definition) is 0. The van der Waals surface area contributed by atoms with Gasteiger partial charge in [-0.3, -0.25) is 14.4 Å². The highest BCUT2D eigenvalue weighted by molar-refractivity contribution is 5.71. The molecule has 0 rings (SSSR count). The Morgan fingerprint density at radius 1 is 0.280 bits per heavy atom. The molecule has 0 radical (unpaired) electrons. The largest absolute Gasteiger partial charge is 0.462 e. The van der Waals surface area contributed by atoms with Gasteiger partial charge in [-0.1, -0.05) is 279 Å².